The second-order valence-corrected chi connectivity index (χ2v) is 3.54. The molecule has 0 bridgehead atoms. The van der Waals surface area contributed by atoms with Gasteiger partial charge in [0.15, 0.2) is 0 Å². The lowest BCUT2D eigenvalue weighted by Crippen LogP contribution is -2.53. The highest BCUT2D eigenvalue weighted by molar-refractivity contribution is 5.86. The molecule has 0 radical (unpaired) electrons. The number of carbonyl (C=O) groups excluding carboxylic acids is 2. The van der Waals surface area contributed by atoms with Crippen molar-refractivity contribution < 1.29 is 19.4 Å². The normalized spacial score (nSPS) is 24.0. The molecule has 0 aromatic heterocycles. The Bertz CT molecular complexity index is 254. The number of hydrogen-bond donors (Lipinski definition) is 0. The summed E-state index contributed by atoms with van der Waals surface area (Å²) in [6.07, 6.45) is -0.523. The predicted molar refractivity (Wildman–Crippen MR) is 50.8 cm³/mol. The zero-order chi connectivity index (χ0) is 11.4. The van der Waals surface area contributed by atoms with Crippen LogP contribution >= 0.6 is 0 Å². The molecule has 15 heavy (non-hydrogen) atoms. The lowest BCUT2D eigenvalue weighted by molar-refractivity contribution is -0.315. The monoisotopic (exact) mass is 214 g/mol. The number of likely N-dealkylation sites (N-methyl/N-ethyl adjacent to an activating group) is 1. The van der Waals surface area contributed by atoms with E-state index in [1.165, 1.54) is 0 Å². The summed E-state index contributed by atoms with van der Waals surface area (Å²) in [5.41, 5.74) is 0. The van der Waals surface area contributed by atoms with Gasteiger partial charge >= 0.3 is 0 Å². The molecule has 0 aromatic rings. The van der Waals surface area contributed by atoms with Crippen LogP contribution in [0.1, 0.15) is 20.3 Å². The SMILES string of the molecule is CCC(C(=O)[O-])C1OCCN(CC)C1=O. The Labute approximate surface area is 89.0 Å². The van der Waals surface area contributed by atoms with E-state index in [1.54, 1.807) is 11.8 Å². The van der Waals surface area contributed by atoms with E-state index in [-0.39, 0.29) is 5.91 Å². The van der Waals surface area contributed by atoms with E-state index in [0.717, 1.165) is 0 Å². The lowest BCUT2D eigenvalue weighted by Gasteiger charge is -2.35. The molecule has 2 unspecified atom stereocenters. The van der Waals surface area contributed by atoms with Crippen LogP contribution in [0.25, 0.3) is 0 Å². The van der Waals surface area contributed by atoms with E-state index in [9.17, 15) is 14.7 Å². The van der Waals surface area contributed by atoms with Gasteiger partial charge in [-0.3, -0.25) is 4.79 Å². The van der Waals surface area contributed by atoms with E-state index in [1.807, 2.05) is 6.92 Å². The topological polar surface area (TPSA) is 69.7 Å². The van der Waals surface area contributed by atoms with Crippen LogP contribution in [-0.4, -0.2) is 42.6 Å². The molecule has 1 fully saturated rings. The number of morpholine rings is 1. The Balaban J connectivity index is 2.75. The summed E-state index contributed by atoms with van der Waals surface area (Å²) in [4.78, 5) is 24.2. The fourth-order valence-corrected chi connectivity index (χ4v) is 1.76. The minimum atomic E-state index is -1.21. The van der Waals surface area contributed by atoms with Gasteiger partial charge in [0.05, 0.1) is 6.61 Å². The van der Waals surface area contributed by atoms with E-state index >= 15 is 0 Å². The third kappa shape index (κ3) is 2.47. The molecule has 0 aliphatic carbocycles. The van der Waals surface area contributed by atoms with Crippen LogP contribution in [0.3, 0.4) is 0 Å². The predicted octanol–water partition coefficient (Wildman–Crippen LogP) is -0.990. The molecule has 1 saturated heterocycles. The number of amides is 1. The van der Waals surface area contributed by atoms with Gasteiger partial charge in [0.1, 0.15) is 6.10 Å². The summed E-state index contributed by atoms with van der Waals surface area (Å²) < 4.78 is 5.22. The van der Waals surface area contributed by atoms with Gasteiger partial charge in [0.2, 0.25) is 0 Å². The van der Waals surface area contributed by atoms with Crippen molar-refractivity contribution >= 4 is 11.9 Å². The average Bonchev–Trinajstić information content (AvgIpc) is 2.21. The molecule has 0 spiro atoms. The average molecular weight is 214 g/mol. The molecule has 0 N–H and O–H groups in total. The summed E-state index contributed by atoms with van der Waals surface area (Å²) in [5, 5.41) is 10.8. The minimum absolute atomic E-state index is 0.236. The van der Waals surface area contributed by atoms with E-state index < -0.39 is 18.0 Å². The molecular formula is C10H16NO4-. The van der Waals surface area contributed by atoms with Crippen molar-refractivity contribution in [3.8, 4) is 0 Å². The van der Waals surface area contributed by atoms with Crippen LogP contribution < -0.4 is 5.11 Å². The Morgan fingerprint density at radius 2 is 2.33 bits per heavy atom. The maximum atomic E-state index is 11.8. The first-order chi connectivity index (χ1) is 7.11. The molecule has 86 valence electrons. The van der Waals surface area contributed by atoms with E-state index in [2.05, 4.69) is 0 Å². The molecule has 5 heteroatoms. The quantitative estimate of drug-likeness (QED) is 0.602. The van der Waals surface area contributed by atoms with Crippen LogP contribution in [0.5, 0.6) is 0 Å². The highest BCUT2D eigenvalue weighted by Gasteiger charge is 2.34. The van der Waals surface area contributed by atoms with Crippen molar-refractivity contribution in [1.82, 2.24) is 4.90 Å². The van der Waals surface area contributed by atoms with Crippen LogP contribution in [0.4, 0.5) is 0 Å². The molecule has 1 rings (SSSR count). The number of carbonyl (C=O) groups is 2. The number of ether oxygens (including phenoxy) is 1. The van der Waals surface area contributed by atoms with Crippen molar-refractivity contribution in [2.75, 3.05) is 19.7 Å². The van der Waals surface area contributed by atoms with Gasteiger partial charge in [0, 0.05) is 25.0 Å². The molecule has 1 amide bonds. The first-order valence-corrected chi connectivity index (χ1v) is 5.23. The smallest absolute Gasteiger partial charge is 0.252 e. The van der Waals surface area contributed by atoms with Crippen LogP contribution in [0.2, 0.25) is 0 Å². The zero-order valence-corrected chi connectivity index (χ0v) is 9.06. The molecule has 0 saturated carbocycles. The van der Waals surface area contributed by atoms with Gasteiger partial charge in [-0.25, -0.2) is 0 Å². The van der Waals surface area contributed by atoms with E-state index in [4.69, 9.17) is 4.74 Å². The Kier molecular flexibility index (Phi) is 4.08. The minimum Gasteiger partial charge on any atom is -0.550 e. The Morgan fingerprint density at radius 1 is 1.67 bits per heavy atom. The number of carboxylic acid groups (broad SMARTS) is 1. The maximum absolute atomic E-state index is 11.8. The number of carboxylic acids is 1. The number of nitrogens with zero attached hydrogens (tertiary/aromatic N) is 1. The fraction of sp³-hybridized carbons (Fsp3) is 0.800. The van der Waals surface area contributed by atoms with Gasteiger partial charge < -0.3 is 19.5 Å². The Hall–Kier alpha value is -1.10. The van der Waals surface area contributed by atoms with Crippen molar-refractivity contribution in [2.24, 2.45) is 5.92 Å². The molecule has 5 nitrogen and oxygen atoms in total. The van der Waals surface area contributed by atoms with Gasteiger partial charge in [-0.15, -0.1) is 0 Å². The third-order valence-electron chi connectivity index (χ3n) is 2.70. The van der Waals surface area contributed by atoms with Crippen molar-refractivity contribution in [1.29, 1.82) is 0 Å². The number of hydrogen-bond acceptors (Lipinski definition) is 4. The number of aliphatic carboxylic acids is 1. The summed E-state index contributed by atoms with van der Waals surface area (Å²) in [6, 6.07) is 0. The molecule has 1 aliphatic rings. The first-order valence-electron chi connectivity index (χ1n) is 5.23. The summed E-state index contributed by atoms with van der Waals surface area (Å²) >= 11 is 0. The standard InChI is InChI=1S/C10H17NO4/c1-3-7(10(13)14)8-9(12)11(4-2)5-6-15-8/h7-8H,3-6H2,1-2H3,(H,13,14)/p-1. The van der Waals surface area contributed by atoms with Crippen molar-refractivity contribution in [3.63, 3.8) is 0 Å². The molecule has 0 aromatic carbocycles. The highest BCUT2D eigenvalue weighted by Crippen LogP contribution is 2.18. The maximum Gasteiger partial charge on any atom is 0.252 e. The molecule has 2 atom stereocenters. The zero-order valence-electron chi connectivity index (χ0n) is 9.06. The second-order valence-electron chi connectivity index (χ2n) is 3.54. The molecule has 1 aliphatic heterocycles. The van der Waals surface area contributed by atoms with Gasteiger partial charge in [-0.1, -0.05) is 6.92 Å². The molecule has 1 heterocycles. The largest absolute Gasteiger partial charge is 0.550 e. The first kappa shape index (κ1) is 12.0. The van der Waals surface area contributed by atoms with Crippen molar-refractivity contribution in [2.45, 2.75) is 26.4 Å². The summed E-state index contributed by atoms with van der Waals surface area (Å²) in [7, 11) is 0. The highest BCUT2D eigenvalue weighted by atomic mass is 16.5. The third-order valence-corrected chi connectivity index (χ3v) is 2.70. The van der Waals surface area contributed by atoms with Crippen LogP contribution in [-0.2, 0) is 14.3 Å². The van der Waals surface area contributed by atoms with Gasteiger partial charge in [0.25, 0.3) is 5.91 Å². The second kappa shape index (κ2) is 5.11. The lowest BCUT2D eigenvalue weighted by atomic mass is 9.97. The number of rotatable bonds is 4. The van der Waals surface area contributed by atoms with Crippen molar-refractivity contribution in [3.05, 3.63) is 0 Å². The summed E-state index contributed by atoms with van der Waals surface area (Å²) in [6.45, 7) is 5.09. The van der Waals surface area contributed by atoms with Crippen LogP contribution in [0.15, 0.2) is 0 Å². The molecular weight excluding hydrogens is 198 g/mol. The van der Waals surface area contributed by atoms with Crippen LogP contribution in [0, 0.1) is 5.92 Å². The van der Waals surface area contributed by atoms with Gasteiger partial charge in [-0.05, 0) is 13.3 Å². The Morgan fingerprint density at radius 3 is 2.80 bits per heavy atom. The van der Waals surface area contributed by atoms with E-state index in [0.29, 0.717) is 26.1 Å². The van der Waals surface area contributed by atoms with Gasteiger partial charge in [-0.2, -0.15) is 0 Å². The fourth-order valence-electron chi connectivity index (χ4n) is 1.76. The summed E-state index contributed by atoms with van der Waals surface area (Å²) in [5.74, 6) is -2.29.